The molecular formula is C27H30O5. The molecule has 5 heteroatoms. The van der Waals surface area contributed by atoms with Gasteiger partial charge < -0.3 is 24.1 Å². The monoisotopic (exact) mass is 434 g/mol. The Hall–Kier alpha value is -2.54. The fourth-order valence-electron chi connectivity index (χ4n) is 3.77. The van der Waals surface area contributed by atoms with Gasteiger partial charge in [-0.3, -0.25) is 0 Å². The Kier molecular flexibility index (Phi) is 8.04. The van der Waals surface area contributed by atoms with Gasteiger partial charge in [-0.1, -0.05) is 91.0 Å². The van der Waals surface area contributed by atoms with Crippen LogP contribution in [0.15, 0.2) is 91.0 Å². The van der Waals surface area contributed by atoms with Crippen LogP contribution in [0.5, 0.6) is 0 Å². The molecule has 0 aliphatic carbocycles. The lowest BCUT2D eigenvalue weighted by Gasteiger charge is -2.43. The Labute approximate surface area is 189 Å². The van der Waals surface area contributed by atoms with E-state index in [9.17, 15) is 5.11 Å². The fraction of sp³-hybridized carbons (Fsp3) is 0.333. The van der Waals surface area contributed by atoms with Gasteiger partial charge in [0.05, 0.1) is 25.9 Å². The summed E-state index contributed by atoms with van der Waals surface area (Å²) >= 11 is 0. The van der Waals surface area contributed by atoms with Crippen LogP contribution in [0.2, 0.25) is 0 Å². The van der Waals surface area contributed by atoms with Gasteiger partial charge in [-0.2, -0.15) is 0 Å². The number of aliphatic hydroxyl groups excluding tert-OH is 1. The van der Waals surface area contributed by atoms with Crippen molar-refractivity contribution < 1.29 is 24.1 Å². The molecule has 0 spiro atoms. The molecule has 0 aromatic heterocycles. The molecular weight excluding hydrogens is 404 g/mol. The molecule has 1 unspecified atom stereocenters. The maximum Gasteiger partial charge on any atom is 0.187 e. The Morgan fingerprint density at radius 1 is 0.625 bits per heavy atom. The summed E-state index contributed by atoms with van der Waals surface area (Å²) in [6.45, 7) is 2.94. The lowest BCUT2D eigenvalue weighted by molar-refractivity contribution is -0.315. The predicted octanol–water partition coefficient (Wildman–Crippen LogP) is 4.48. The second kappa shape index (κ2) is 11.4. The summed E-state index contributed by atoms with van der Waals surface area (Å²) in [4.78, 5) is 0. The molecule has 1 saturated heterocycles. The highest BCUT2D eigenvalue weighted by molar-refractivity contribution is 5.15. The molecule has 168 valence electrons. The summed E-state index contributed by atoms with van der Waals surface area (Å²) in [5.74, 6) is 0. The van der Waals surface area contributed by atoms with E-state index in [-0.39, 0.29) is 0 Å². The average molecular weight is 435 g/mol. The predicted molar refractivity (Wildman–Crippen MR) is 122 cm³/mol. The van der Waals surface area contributed by atoms with Crippen LogP contribution in [0.3, 0.4) is 0 Å². The third-order valence-corrected chi connectivity index (χ3v) is 5.59. The first-order valence-electron chi connectivity index (χ1n) is 11.0. The second-order valence-electron chi connectivity index (χ2n) is 8.02. The van der Waals surface area contributed by atoms with Crippen LogP contribution in [0.25, 0.3) is 0 Å². The number of hydrogen-bond acceptors (Lipinski definition) is 5. The zero-order chi connectivity index (χ0) is 22.2. The molecule has 1 N–H and O–H groups in total. The molecule has 32 heavy (non-hydrogen) atoms. The van der Waals surface area contributed by atoms with E-state index in [2.05, 4.69) is 0 Å². The van der Waals surface area contributed by atoms with Crippen molar-refractivity contribution in [1.82, 2.24) is 0 Å². The third-order valence-electron chi connectivity index (χ3n) is 5.59. The van der Waals surface area contributed by atoms with Gasteiger partial charge in [0, 0.05) is 0 Å². The van der Waals surface area contributed by atoms with Crippen molar-refractivity contribution in [2.45, 2.75) is 57.5 Å². The maximum atomic E-state index is 10.9. The zero-order valence-corrected chi connectivity index (χ0v) is 18.2. The first-order valence-corrected chi connectivity index (χ1v) is 11.0. The van der Waals surface area contributed by atoms with Crippen LogP contribution in [0, 0.1) is 0 Å². The van der Waals surface area contributed by atoms with Gasteiger partial charge in [-0.25, -0.2) is 0 Å². The highest BCUT2D eigenvalue weighted by Gasteiger charge is 2.46. The molecule has 1 fully saturated rings. The maximum absolute atomic E-state index is 10.9. The molecule has 0 saturated carbocycles. The van der Waals surface area contributed by atoms with Crippen molar-refractivity contribution in [3.63, 3.8) is 0 Å². The minimum Gasteiger partial charge on any atom is -0.388 e. The van der Waals surface area contributed by atoms with Crippen LogP contribution >= 0.6 is 0 Å². The van der Waals surface area contributed by atoms with E-state index >= 15 is 0 Å². The first kappa shape index (κ1) is 22.6. The molecule has 1 aliphatic heterocycles. The van der Waals surface area contributed by atoms with E-state index in [0.29, 0.717) is 19.8 Å². The van der Waals surface area contributed by atoms with Gasteiger partial charge in [-0.05, 0) is 23.6 Å². The van der Waals surface area contributed by atoms with Crippen molar-refractivity contribution >= 4 is 0 Å². The Morgan fingerprint density at radius 3 is 1.50 bits per heavy atom. The van der Waals surface area contributed by atoms with E-state index in [0.717, 1.165) is 16.7 Å². The molecule has 4 rings (SSSR count). The molecule has 0 bridgehead atoms. The van der Waals surface area contributed by atoms with Gasteiger partial charge in [0.1, 0.15) is 18.3 Å². The van der Waals surface area contributed by atoms with Gasteiger partial charge in [-0.15, -0.1) is 0 Å². The fourth-order valence-corrected chi connectivity index (χ4v) is 3.77. The quantitative estimate of drug-likeness (QED) is 0.538. The minimum absolute atomic E-state index is 0.367. The number of hydrogen-bond donors (Lipinski definition) is 1. The van der Waals surface area contributed by atoms with Crippen LogP contribution in [0.1, 0.15) is 23.6 Å². The second-order valence-corrected chi connectivity index (χ2v) is 8.02. The lowest BCUT2D eigenvalue weighted by atomic mass is 9.99. The van der Waals surface area contributed by atoms with E-state index in [1.54, 1.807) is 0 Å². The van der Waals surface area contributed by atoms with E-state index in [4.69, 9.17) is 18.9 Å². The topological polar surface area (TPSA) is 57.2 Å². The van der Waals surface area contributed by atoms with Crippen molar-refractivity contribution in [2.24, 2.45) is 0 Å². The van der Waals surface area contributed by atoms with Crippen molar-refractivity contribution in [1.29, 1.82) is 0 Å². The van der Waals surface area contributed by atoms with Gasteiger partial charge in [0.25, 0.3) is 0 Å². The van der Waals surface area contributed by atoms with Gasteiger partial charge in [0.15, 0.2) is 6.29 Å². The van der Waals surface area contributed by atoms with Crippen LogP contribution in [0.4, 0.5) is 0 Å². The first-order chi connectivity index (χ1) is 15.7. The minimum atomic E-state index is -0.837. The van der Waals surface area contributed by atoms with Crippen LogP contribution in [-0.4, -0.2) is 35.8 Å². The molecule has 0 radical (unpaired) electrons. The number of aliphatic hydroxyl groups is 1. The smallest absolute Gasteiger partial charge is 0.187 e. The molecule has 3 aromatic rings. The standard InChI is InChI=1S/C27H30O5/c1-20-24(28)25(29-17-21-11-5-2-6-12-21)26(30-18-22-13-7-3-8-14-22)27(32-20)31-19-23-15-9-4-10-16-23/h2-16,20,24-28H,17-19H2,1H3/t20-,24+,25+,26-,27?/m0/s1. The molecule has 1 aliphatic rings. The number of rotatable bonds is 9. The summed E-state index contributed by atoms with van der Waals surface area (Å²) in [6, 6.07) is 29.7. The van der Waals surface area contributed by atoms with E-state index < -0.39 is 30.7 Å². The summed E-state index contributed by atoms with van der Waals surface area (Å²) < 4.78 is 24.6. The van der Waals surface area contributed by atoms with Gasteiger partial charge in [0.2, 0.25) is 0 Å². The van der Waals surface area contributed by atoms with Crippen molar-refractivity contribution in [3.8, 4) is 0 Å². The third kappa shape index (κ3) is 6.03. The normalized spacial score (nSPS) is 25.5. The molecule has 5 atom stereocenters. The number of benzene rings is 3. The summed E-state index contributed by atoms with van der Waals surface area (Å²) in [5, 5.41) is 10.9. The van der Waals surface area contributed by atoms with Crippen LogP contribution in [-0.2, 0) is 38.8 Å². The molecule has 0 amide bonds. The highest BCUT2D eigenvalue weighted by Crippen LogP contribution is 2.29. The molecule has 5 nitrogen and oxygen atoms in total. The molecule has 3 aromatic carbocycles. The lowest BCUT2D eigenvalue weighted by Crippen LogP contribution is -2.59. The summed E-state index contributed by atoms with van der Waals surface area (Å²) in [5.41, 5.74) is 3.10. The van der Waals surface area contributed by atoms with Gasteiger partial charge >= 0.3 is 0 Å². The van der Waals surface area contributed by atoms with Crippen molar-refractivity contribution in [3.05, 3.63) is 108 Å². The Balaban J connectivity index is 1.50. The van der Waals surface area contributed by atoms with Crippen molar-refractivity contribution in [2.75, 3.05) is 0 Å². The largest absolute Gasteiger partial charge is 0.388 e. The van der Waals surface area contributed by atoms with E-state index in [1.165, 1.54) is 0 Å². The number of ether oxygens (including phenoxy) is 4. The van der Waals surface area contributed by atoms with E-state index in [1.807, 2.05) is 97.9 Å². The zero-order valence-electron chi connectivity index (χ0n) is 18.2. The highest BCUT2D eigenvalue weighted by atomic mass is 16.7. The Bertz CT molecular complexity index is 919. The van der Waals surface area contributed by atoms with Crippen LogP contribution < -0.4 is 0 Å². The molecule has 1 heterocycles. The Morgan fingerprint density at radius 2 is 1.03 bits per heavy atom. The summed E-state index contributed by atoms with van der Waals surface area (Å²) in [7, 11) is 0. The summed E-state index contributed by atoms with van der Waals surface area (Å²) in [6.07, 6.45) is -3.14. The average Bonchev–Trinajstić information content (AvgIpc) is 2.85. The SMILES string of the molecule is C[C@@H]1OC(OCc2ccccc2)[C@@H](OCc2ccccc2)[C@H](OCc2ccccc2)[C@@H]1O.